The first-order valence-electron chi connectivity index (χ1n) is 3.75. The first kappa shape index (κ1) is 9.42. The molecule has 0 aliphatic rings. The lowest BCUT2D eigenvalue weighted by atomic mass is 10.8. The van der Waals surface area contributed by atoms with Gasteiger partial charge in [-0.3, -0.25) is 4.98 Å². The zero-order valence-electron chi connectivity index (χ0n) is 7.25. The average Bonchev–Trinajstić information content (AvgIpc) is 2.52. The van der Waals surface area contributed by atoms with E-state index in [1.807, 2.05) is 7.05 Å². The van der Waals surface area contributed by atoms with Gasteiger partial charge in [0.2, 0.25) is 0 Å². The summed E-state index contributed by atoms with van der Waals surface area (Å²) >= 11 is 7.06. The molecule has 0 atom stereocenters. The van der Waals surface area contributed by atoms with Crippen LogP contribution in [0, 0.1) is 0 Å². The molecule has 2 heterocycles. The average molecular weight is 228 g/mol. The van der Waals surface area contributed by atoms with Gasteiger partial charge in [0.25, 0.3) is 0 Å². The van der Waals surface area contributed by atoms with E-state index in [0.717, 1.165) is 5.16 Å². The summed E-state index contributed by atoms with van der Waals surface area (Å²) in [6.07, 6.45) is 4.60. The minimum atomic E-state index is 0.372. The zero-order valence-corrected chi connectivity index (χ0v) is 8.83. The molecular formula is C7H6ClN5S. The van der Waals surface area contributed by atoms with Crippen molar-refractivity contribution >= 4 is 23.4 Å². The fourth-order valence-electron chi connectivity index (χ4n) is 0.846. The van der Waals surface area contributed by atoms with Gasteiger partial charge in [-0.25, -0.2) is 14.6 Å². The van der Waals surface area contributed by atoms with Gasteiger partial charge in [-0.1, -0.05) is 11.6 Å². The van der Waals surface area contributed by atoms with E-state index in [9.17, 15) is 0 Å². The monoisotopic (exact) mass is 227 g/mol. The van der Waals surface area contributed by atoms with Crippen molar-refractivity contribution < 1.29 is 0 Å². The van der Waals surface area contributed by atoms with E-state index in [0.29, 0.717) is 10.2 Å². The largest absolute Gasteiger partial charge is 0.259 e. The summed E-state index contributed by atoms with van der Waals surface area (Å²) in [4.78, 5) is 12.0. The Bertz CT molecular complexity index is 443. The molecule has 14 heavy (non-hydrogen) atoms. The van der Waals surface area contributed by atoms with E-state index in [1.165, 1.54) is 24.3 Å². The zero-order chi connectivity index (χ0) is 9.97. The summed E-state index contributed by atoms with van der Waals surface area (Å²) in [5.74, 6) is 0. The molecule has 0 bridgehead atoms. The Hall–Kier alpha value is -1.14. The molecular weight excluding hydrogens is 222 g/mol. The second-order valence-corrected chi connectivity index (χ2v) is 3.82. The Morgan fingerprint density at radius 3 is 2.93 bits per heavy atom. The molecule has 7 heteroatoms. The molecule has 0 saturated carbocycles. The predicted molar refractivity (Wildman–Crippen MR) is 52.2 cm³/mol. The molecule has 0 aliphatic heterocycles. The predicted octanol–water partition coefficient (Wildman–Crippen LogP) is 1.41. The highest BCUT2D eigenvalue weighted by Crippen LogP contribution is 2.22. The van der Waals surface area contributed by atoms with Crippen LogP contribution >= 0.6 is 23.4 Å². The van der Waals surface area contributed by atoms with Gasteiger partial charge in [0.1, 0.15) is 16.5 Å². The van der Waals surface area contributed by atoms with Crippen LogP contribution in [-0.2, 0) is 7.05 Å². The van der Waals surface area contributed by atoms with Crippen LogP contribution in [0.5, 0.6) is 0 Å². The lowest BCUT2D eigenvalue weighted by Crippen LogP contribution is -1.93. The minimum absolute atomic E-state index is 0.372. The highest BCUT2D eigenvalue weighted by Gasteiger charge is 2.04. The van der Waals surface area contributed by atoms with Crippen LogP contribution in [0.3, 0.4) is 0 Å². The third-order valence-corrected chi connectivity index (χ3v) is 2.59. The van der Waals surface area contributed by atoms with Gasteiger partial charge >= 0.3 is 0 Å². The smallest absolute Gasteiger partial charge is 0.192 e. The van der Waals surface area contributed by atoms with E-state index in [-0.39, 0.29) is 0 Å². The minimum Gasteiger partial charge on any atom is -0.259 e. The molecule has 0 amide bonds. The summed E-state index contributed by atoms with van der Waals surface area (Å²) in [5, 5.41) is 5.76. The highest BCUT2D eigenvalue weighted by atomic mass is 35.5. The van der Waals surface area contributed by atoms with Crippen molar-refractivity contribution in [3.8, 4) is 0 Å². The van der Waals surface area contributed by atoms with Crippen molar-refractivity contribution in [2.75, 3.05) is 0 Å². The molecule has 5 nitrogen and oxygen atoms in total. The quantitative estimate of drug-likeness (QED) is 0.777. The van der Waals surface area contributed by atoms with Gasteiger partial charge in [-0.2, -0.15) is 5.10 Å². The maximum absolute atomic E-state index is 5.70. The number of nitrogens with zero attached hydrogens (tertiary/aromatic N) is 5. The summed E-state index contributed by atoms with van der Waals surface area (Å²) in [5.41, 5.74) is 0. The summed E-state index contributed by atoms with van der Waals surface area (Å²) in [6.45, 7) is 0. The summed E-state index contributed by atoms with van der Waals surface area (Å²) in [7, 11) is 1.81. The Balaban J connectivity index is 2.23. The first-order chi connectivity index (χ1) is 6.75. The number of hydrogen-bond donors (Lipinski definition) is 0. The second-order valence-electron chi connectivity index (χ2n) is 2.45. The van der Waals surface area contributed by atoms with Crippen molar-refractivity contribution in [2.45, 2.75) is 10.2 Å². The van der Waals surface area contributed by atoms with E-state index >= 15 is 0 Å². The topological polar surface area (TPSA) is 56.5 Å². The van der Waals surface area contributed by atoms with E-state index in [4.69, 9.17) is 11.6 Å². The number of rotatable bonds is 2. The standard InChI is InChI=1S/C7H6ClN5S/c1-13-7(10-4-11-13)14-6-3-9-2-5(8)12-6/h2-4H,1H3. The molecule has 0 fully saturated rings. The van der Waals surface area contributed by atoms with Gasteiger partial charge in [-0.15, -0.1) is 0 Å². The maximum Gasteiger partial charge on any atom is 0.192 e. The van der Waals surface area contributed by atoms with Crippen molar-refractivity contribution in [1.29, 1.82) is 0 Å². The molecule has 2 aromatic rings. The van der Waals surface area contributed by atoms with Gasteiger partial charge in [0.15, 0.2) is 5.16 Å². The van der Waals surface area contributed by atoms with Gasteiger partial charge in [0, 0.05) is 7.05 Å². The summed E-state index contributed by atoms with van der Waals surface area (Å²) < 4.78 is 1.66. The Morgan fingerprint density at radius 1 is 1.43 bits per heavy atom. The SMILES string of the molecule is Cn1ncnc1Sc1cncc(Cl)n1. The second kappa shape index (κ2) is 3.93. The molecule has 2 aromatic heterocycles. The van der Waals surface area contributed by atoms with Crippen LogP contribution < -0.4 is 0 Å². The van der Waals surface area contributed by atoms with Crippen molar-refractivity contribution in [2.24, 2.45) is 7.05 Å². The van der Waals surface area contributed by atoms with Crippen molar-refractivity contribution in [1.82, 2.24) is 24.7 Å². The van der Waals surface area contributed by atoms with Crippen LogP contribution in [-0.4, -0.2) is 24.7 Å². The molecule has 0 N–H and O–H groups in total. The maximum atomic E-state index is 5.70. The molecule has 72 valence electrons. The molecule has 0 aliphatic carbocycles. The highest BCUT2D eigenvalue weighted by molar-refractivity contribution is 7.99. The van der Waals surface area contributed by atoms with E-state index in [2.05, 4.69) is 20.1 Å². The fraction of sp³-hybridized carbons (Fsp3) is 0.143. The number of halogens is 1. The molecule has 0 saturated heterocycles. The van der Waals surface area contributed by atoms with E-state index in [1.54, 1.807) is 10.9 Å². The number of hydrogen-bond acceptors (Lipinski definition) is 5. The fourth-order valence-corrected chi connectivity index (χ4v) is 1.77. The van der Waals surface area contributed by atoms with Crippen LogP contribution in [0.2, 0.25) is 5.15 Å². The van der Waals surface area contributed by atoms with Crippen LogP contribution in [0.4, 0.5) is 0 Å². The third kappa shape index (κ3) is 2.02. The molecule has 0 spiro atoms. The third-order valence-electron chi connectivity index (χ3n) is 1.45. The number of aromatic nitrogens is 5. The normalized spacial score (nSPS) is 10.4. The lowest BCUT2D eigenvalue weighted by molar-refractivity contribution is 0.684. The summed E-state index contributed by atoms with van der Waals surface area (Å²) in [6, 6.07) is 0. The van der Waals surface area contributed by atoms with Gasteiger partial charge in [-0.05, 0) is 11.8 Å². The first-order valence-corrected chi connectivity index (χ1v) is 4.94. The van der Waals surface area contributed by atoms with Gasteiger partial charge < -0.3 is 0 Å². The van der Waals surface area contributed by atoms with Gasteiger partial charge in [0.05, 0.1) is 12.4 Å². The molecule has 0 aromatic carbocycles. The Labute approximate surface area is 89.5 Å². The lowest BCUT2D eigenvalue weighted by Gasteiger charge is -1.98. The van der Waals surface area contributed by atoms with Crippen molar-refractivity contribution in [3.63, 3.8) is 0 Å². The number of aryl methyl sites for hydroxylation is 1. The van der Waals surface area contributed by atoms with Crippen molar-refractivity contribution in [3.05, 3.63) is 23.9 Å². The Kier molecular flexibility index (Phi) is 2.64. The van der Waals surface area contributed by atoms with Crippen LogP contribution in [0.25, 0.3) is 0 Å². The molecule has 0 unspecified atom stereocenters. The van der Waals surface area contributed by atoms with E-state index < -0.39 is 0 Å². The molecule has 0 radical (unpaired) electrons. The van der Waals surface area contributed by atoms with Crippen LogP contribution in [0.1, 0.15) is 0 Å². The Morgan fingerprint density at radius 2 is 2.29 bits per heavy atom. The molecule has 2 rings (SSSR count). The van der Waals surface area contributed by atoms with Crippen LogP contribution in [0.15, 0.2) is 28.9 Å².